The lowest BCUT2D eigenvalue weighted by molar-refractivity contribution is 0.376. The summed E-state index contributed by atoms with van der Waals surface area (Å²) in [6, 6.07) is 4.88. The van der Waals surface area contributed by atoms with Gasteiger partial charge in [-0.05, 0) is 18.9 Å². The molecule has 0 amide bonds. The molecule has 2 N–H and O–H groups in total. The van der Waals surface area contributed by atoms with Gasteiger partial charge in [0.1, 0.15) is 0 Å². The number of hydrogen-bond acceptors (Lipinski definition) is 2. The molecule has 70 valence electrons. The fourth-order valence-electron chi connectivity index (χ4n) is 1.51. The van der Waals surface area contributed by atoms with E-state index in [0.29, 0.717) is 5.75 Å². The molecule has 1 aromatic carbocycles. The minimum Gasteiger partial charge on any atom is -0.493 e. The SMILES string of the molecule is COc1c(F)cccc1C1(N)CC1. The van der Waals surface area contributed by atoms with Gasteiger partial charge in [-0.15, -0.1) is 0 Å². The smallest absolute Gasteiger partial charge is 0.165 e. The van der Waals surface area contributed by atoms with Crippen molar-refractivity contribution >= 4 is 0 Å². The van der Waals surface area contributed by atoms with Crippen LogP contribution in [0.1, 0.15) is 18.4 Å². The molecule has 3 heteroatoms. The Hall–Kier alpha value is -1.09. The topological polar surface area (TPSA) is 35.2 Å². The molecule has 2 rings (SSSR count). The lowest BCUT2D eigenvalue weighted by atomic mass is 10.0. The van der Waals surface area contributed by atoms with Crippen LogP contribution in [0.25, 0.3) is 0 Å². The standard InChI is InChI=1S/C10H12FNO/c1-13-9-7(10(12)5-6-10)3-2-4-8(9)11/h2-4H,5-6,12H2,1H3. The van der Waals surface area contributed by atoms with Gasteiger partial charge >= 0.3 is 0 Å². The van der Waals surface area contributed by atoms with Crippen molar-refractivity contribution in [2.45, 2.75) is 18.4 Å². The number of ether oxygens (including phenoxy) is 1. The maximum Gasteiger partial charge on any atom is 0.165 e. The van der Waals surface area contributed by atoms with Crippen LogP contribution in [0.4, 0.5) is 4.39 Å². The molecule has 0 spiro atoms. The molecule has 1 aliphatic rings. The number of hydrogen-bond donors (Lipinski definition) is 1. The van der Waals surface area contributed by atoms with Crippen molar-refractivity contribution in [3.8, 4) is 5.75 Å². The lowest BCUT2D eigenvalue weighted by Crippen LogP contribution is -2.20. The minimum absolute atomic E-state index is 0.294. The Labute approximate surface area is 76.5 Å². The van der Waals surface area contributed by atoms with Crippen molar-refractivity contribution < 1.29 is 9.13 Å². The third kappa shape index (κ3) is 1.29. The zero-order valence-corrected chi connectivity index (χ0v) is 7.51. The molecule has 1 aliphatic carbocycles. The van der Waals surface area contributed by atoms with Gasteiger partial charge in [-0.25, -0.2) is 4.39 Å². The summed E-state index contributed by atoms with van der Waals surface area (Å²) in [4.78, 5) is 0. The summed E-state index contributed by atoms with van der Waals surface area (Å²) in [5.74, 6) is -0.0424. The first-order valence-corrected chi connectivity index (χ1v) is 4.29. The fourth-order valence-corrected chi connectivity index (χ4v) is 1.51. The van der Waals surface area contributed by atoms with E-state index in [-0.39, 0.29) is 11.4 Å². The van der Waals surface area contributed by atoms with E-state index in [2.05, 4.69) is 0 Å². The van der Waals surface area contributed by atoms with Crippen LogP contribution in [-0.4, -0.2) is 7.11 Å². The summed E-state index contributed by atoms with van der Waals surface area (Å²) in [5.41, 5.74) is 6.41. The van der Waals surface area contributed by atoms with Gasteiger partial charge in [0.2, 0.25) is 0 Å². The van der Waals surface area contributed by atoms with Gasteiger partial charge in [0, 0.05) is 11.1 Å². The summed E-state index contributed by atoms with van der Waals surface area (Å²) in [6.45, 7) is 0. The molecule has 1 saturated carbocycles. The molecule has 0 saturated heterocycles. The quantitative estimate of drug-likeness (QED) is 0.754. The lowest BCUT2D eigenvalue weighted by Gasteiger charge is -2.14. The normalized spacial score (nSPS) is 18.4. The molecule has 1 aromatic rings. The van der Waals surface area contributed by atoms with Crippen LogP contribution >= 0.6 is 0 Å². The monoisotopic (exact) mass is 181 g/mol. The van der Waals surface area contributed by atoms with E-state index < -0.39 is 0 Å². The fraction of sp³-hybridized carbons (Fsp3) is 0.400. The minimum atomic E-state index is -0.340. The van der Waals surface area contributed by atoms with Crippen molar-refractivity contribution in [1.29, 1.82) is 0 Å². The highest BCUT2D eigenvalue weighted by molar-refractivity contribution is 5.43. The average Bonchev–Trinajstić information content (AvgIpc) is 2.85. The van der Waals surface area contributed by atoms with Crippen molar-refractivity contribution in [1.82, 2.24) is 0 Å². The maximum atomic E-state index is 13.2. The van der Waals surface area contributed by atoms with Gasteiger partial charge in [0.15, 0.2) is 11.6 Å². The number of para-hydroxylation sites is 1. The molecule has 0 bridgehead atoms. The third-order valence-corrected chi connectivity index (χ3v) is 2.50. The van der Waals surface area contributed by atoms with E-state index in [1.165, 1.54) is 13.2 Å². The van der Waals surface area contributed by atoms with Crippen LogP contribution in [0, 0.1) is 5.82 Å². The number of benzene rings is 1. The number of methoxy groups -OCH3 is 1. The molecule has 0 aromatic heterocycles. The van der Waals surface area contributed by atoms with E-state index >= 15 is 0 Å². The first-order chi connectivity index (χ1) is 6.17. The highest BCUT2D eigenvalue weighted by Crippen LogP contribution is 2.46. The Kier molecular flexibility index (Phi) is 1.77. The number of rotatable bonds is 2. The third-order valence-electron chi connectivity index (χ3n) is 2.50. The summed E-state index contributed by atoms with van der Waals surface area (Å²) < 4.78 is 18.2. The Morgan fingerprint density at radius 1 is 1.46 bits per heavy atom. The van der Waals surface area contributed by atoms with Crippen LogP contribution in [0.5, 0.6) is 5.75 Å². The molecular formula is C10H12FNO. The van der Waals surface area contributed by atoms with E-state index in [1.807, 2.05) is 6.07 Å². The molecular weight excluding hydrogens is 169 g/mol. The van der Waals surface area contributed by atoms with E-state index in [1.54, 1.807) is 6.07 Å². The molecule has 0 radical (unpaired) electrons. The highest BCUT2D eigenvalue weighted by atomic mass is 19.1. The van der Waals surface area contributed by atoms with Crippen LogP contribution < -0.4 is 10.5 Å². The molecule has 1 fully saturated rings. The number of nitrogens with two attached hydrogens (primary N) is 1. The summed E-state index contributed by atoms with van der Waals surface area (Å²) in [7, 11) is 1.47. The first kappa shape index (κ1) is 8.51. The molecule has 0 unspecified atom stereocenters. The number of halogens is 1. The molecule has 0 atom stereocenters. The van der Waals surface area contributed by atoms with Gasteiger partial charge in [-0.2, -0.15) is 0 Å². The van der Waals surface area contributed by atoms with Crippen molar-refractivity contribution in [2.24, 2.45) is 5.73 Å². The average molecular weight is 181 g/mol. The second kappa shape index (κ2) is 2.70. The predicted molar refractivity (Wildman–Crippen MR) is 48.1 cm³/mol. The first-order valence-electron chi connectivity index (χ1n) is 4.29. The zero-order valence-electron chi connectivity index (χ0n) is 7.51. The van der Waals surface area contributed by atoms with Crippen LogP contribution in [0.15, 0.2) is 18.2 Å². The van der Waals surface area contributed by atoms with Crippen molar-refractivity contribution in [2.75, 3.05) is 7.11 Å². The van der Waals surface area contributed by atoms with Crippen LogP contribution in [0.2, 0.25) is 0 Å². The summed E-state index contributed by atoms with van der Waals surface area (Å²) in [5, 5.41) is 0. The van der Waals surface area contributed by atoms with Crippen LogP contribution in [0.3, 0.4) is 0 Å². The van der Waals surface area contributed by atoms with Gasteiger partial charge in [0.25, 0.3) is 0 Å². The maximum absolute atomic E-state index is 13.2. The second-order valence-corrected chi connectivity index (χ2v) is 3.48. The van der Waals surface area contributed by atoms with E-state index in [0.717, 1.165) is 18.4 Å². The summed E-state index contributed by atoms with van der Waals surface area (Å²) in [6.07, 6.45) is 1.82. The van der Waals surface area contributed by atoms with E-state index in [4.69, 9.17) is 10.5 Å². The Morgan fingerprint density at radius 3 is 2.69 bits per heavy atom. The van der Waals surface area contributed by atoms with Gasteiger partial charge in [-0.3, -0.25) is 0 Å². The zero-order chi connectivity index (χ0) is 9.47. The van der Waals surface area contributed by atoms with E-state index in [9.17, 15) is 4.39 Å². The Morgan fingerprint density at radius 2 is 2.15 bits per heavy atom. The molecule has 2 nitrogen and oxygen atoms in total. The highest BCUT2D eigenvalue weighted by Gasteiger charge is 2.42. The van der Waals surface area contributed by atoms with Crippen molar-refractivity contribution in [3.63, 3.8) is 0 Å². The second-order valence-electron chi connectivity index (χ2n) is 3.48. The molecule has 13 heavy (non-hydrogen) atoms. The predicted octanol–water partition coefficient (Wildman–Crippen LogP) is 1.78. The Bertz CT molecular complexity index is 334. The largest absolute Gasteiger partial charge is 0.493 e. The van der Waals surface area contributed by atoms with Gasteiger partial charge in [0.05, 0.1) is 7.11 Å². The molecule has 0 aliphatic heterocycles. The Balaban J connectivity index is 2.50. The van der Waals surface area contributed by atoms with Crippen LogP contribution in [-0.2, 0) is 5.54 Å². The van der Waals surface area contributed by atoms with Crippen molar-refractivity contribution in [3.05, 3.63) is 29.6 Å². The van der Waals surface area contributed by atoms with Gasteiger partial charge in [-0.1, -0.05) is 12.1 Å². The molecule has 0 heterocycles. The van der Waals surface area contributed by atoms with Gasteiger partial charge < -0.3 is 10.5 Å². The summed E-state index contributed by atoms with van der Waals surface area (Å²) >= 11 is 0.